The van der Waals surface area contributed by atoms with E-state index in [0.29, 0.717) is 50.1 Å². The normalized spacial score (nSPS) is 14.4. The number of nitrogens with zero attached hydrogens (tertiary/aromatic N) is 4. The average Bonchev–Trinajstić information content (AvgIpc) is 2.63. The standard InChI is InChI=1S/C16H19N5O4/c1-2-25-13-12(16(22)23)19-14(10-3-4-11(17)18-9-10)20-15(13)21-5-7-24-8-6-21/h3-4,9H,2,5-8H2,1H3,(H2,17,18)(H,22,23). The third-order valence-corrected chi connectivity index (χ3v) is 3.69. The van der Waals surface area contributed by atoms with Crippen LogP contribution in [0.15, 0.2) is 18.3 Å². The number of hydrogen-bond donors (Lipinski definition) is 2. The largest absolute Gasteiger partial charge is 0.488 e. The number of aromatic nitrogens is 3. The molecule has 9 heteroatoms. The smallest absolute Gasteiger partial charge is 0.358 e. The lowest BCUT2D eigenvalue weighted by molar-refractivity contribution is 0.0685. The van der Waals surface area contributed by atoms with E-state index < -0.39 is 5.97 Å². The summed E-state index contributed by atoms with van der Waals surface area (Å²) >= 11 is 0. The molecule has 0 unspecified atom stereocenters. The van der Waals surface area contributed by atoms with E-state index in [-0.39, 0.29) is 17.3 Å². The molecule has 0 aliphatic carbocycles. The number of carbonyl (C=O) groups is 1. The quantitative estimate of drug-likeness (QED) is 0.818. The van der Waals surface area contributed by atoms with Crippen LogP contribution in [-0.4, -0.2) is 58.9 Å². The summed E-state index contributed by atoms with van der Waals surface area (Å²) in [5, 5.41) is 9.58. The van der Waals surface area contributed by atoms with E-state index in [1.807, 2.05) is 4.90 Å². The van der Waals surface area contributed by atoms with E-state index in [9.17, 15) is 9.90 Å². The molecule has 0 spiro atoms. The minimum atomic E-state index is -1.18. The lowest BCUT2D eigenvalue weighted by Gasteiger charge is -2.29. The maximum absolute atomic E-state index is 11.7. The predicted octanol–water partition coefficient (Wildman–Crippen LogP) is 1.05. The van der Waals surface area contributed by atoms with Crippen LogP contribution in [0, 0.1) is 0 Å². The third kappa shape index (κ3) is 3.61. The van der Waals surface area contributed by atoms with Crippen molar-refractivity contribution in [2.45, 2.75) is 6.92 Å². The van der Waals surface area contributed by atoms with E-state index in [1.54, 1.807) is 19.1 Å². The van der Waals surface area contributed by atoms with Gasteiger partial charge in [-0.05, 0) is 19.1 Å². The fourth-order valence-electron chi connectivity index (χ4n) is 2.52. The number of pyridine rings is 1. The van der Waals surface area contributed by atoms with Crippen molar-refractivity contribution in [2.75, 3.05) is 43.5 Å². The number of carboxylic acid groups (broad SMARTS) is 1. The van der Waals surface area contributed by atoms with Crippen LogP contribution < -0.4 is 15.4 Å². The van der Waals surface area contributed by atoms with E-state index in [1.165, 1.54) is 6.20 Å². The molecule has 1 aliphatic rings. The van der Waals surface area contributed by atoms with Crippen molar-refractivity contribution in [1.29, 1.82) is 0 Å². The maximum atomic E-state index is 11.7. The monoisotopic (exact) mass is 345 g/mol. The molecular weight excluding hydrogens is 326 g/mol. The highest BCUT2D eigenvalue weighted by molar-refractivity contribution is 5.91. The SMILES string of the molecule is CCOc1c(C(=O)O)nc(-c2ccc(N)nc2)nc1N1CCOCC1. The molecule has 2 aromatic rings. The van der Waals surface area contributed by atoms with Crippen molar-refractivity contribution in [3.05, 3.63) is 24.0 Å². The molecule has 0 bridgehead atoms. The lowest BCUT2D eigenvalue weighted by Crippen LogP contribution is -2.37. The van der Waals surface area contributed by atoms with Crippen LogP contribution in [0.25, 0.3) is 11.4 Å². The van der Waals surface area contributed by atoms with E-state index in [2.05, 4.69) is 15.0 Å². The molecule has 0 aromatic carbocycles. The molecule has 1 aliphatic heterocycles. The van der Waals surface area contributed by atoms with Gasteiger partial charge in [0.1, 0.15) is 5.82 Å². The summed E-state index contributed by atoms with van der Waals surface area (Å²) in [5.41, 5.74) is 6.01. The topological polar surface area (TPSA) is 124 Å². The number of anilines is 2. The Morgan fingerprint density at radius 3 is 2.72 bits per heavy atom. The van der Waals surface area contributed by atoms with Gasteiger partial charge in [0.15, 0.2) is 23.1 Å². The first kappa shape index (κ1) is 16.9. The fourth-order valence-corrected chi connectivity index (χ4v) is 2.52. The Hall–Kier alpha value is -2.94. The van der Waals surface area contributed by atoms with Crippen molar-refractivity contribution < 1.29 is 19.4 Å². The first-order valence-corrected chi connectivity index (χ1v) is 7.93. The summed E-state index contributed by atoms with van der Waals surface area (Å²) in [6.45, 7) is 4.36. The predicted molar refractivity (Wildman–Crippen MR) is 90.8 cm³/mol. The van der Waals surface area contributed by atoms with Crippen molar-refractivity contribution in [1.82, 2.24) is 15.0 Å². The van der Waals surface area contributed by atoms with E-state index in [0.717, 1.165) is 0 Å². The van der Waals surface area contributed by atoms with Crippen molar-refractivity contribution in [2.24, 2.45) is 0 Å². The van der Waals surface area contributed by atoms with Crippen LogP contribution >= 0.6 is 0 Å². The second kappa shape index (κ2) is 7.31. The highest BCUT2D eigenvalue weighted by atomic mass is 16.5. The number of ether oxygens (including phenoxy) is 2. The Morgan fingerprint density at radius 1 is 1.36 bits per heavy atom. The molecule has 9 nitrogen and oxygen atoms in total. The number of rotatable bonds is 5. The first-order chi connectivity index (χ1) is 12.1. The zero-order chi connectivity index (χ0) is 17.8. The van der Waals surface area contributed by atoms with E-state index >= 15 is 0 Å². The number of carboxylic acids is 1. The third-order valence-electron chi connectivity index (χ3n) is 3.69. The van der Waals surface area contributed by atoms with Crippen LogP contribution in [0.4, 0.5) is 11.6 Å². The van der Waals surface area contributed by atoms with Crippen LogP contribution in [0.1, 0.15) is 17.4 Å². The molecule has 0 atom stereocenters. The van der Waals surface area contributed by atoms with Gasteiger partial charge in [0.25, 0.3) is 0 Å². The molecule has 25 heavy (non-hydrogen) atoms. The van der Waals surface area contributed by atoms with Crippen LogP contribution in [-0.2, 0) is 4.74 Å². The van der Waals surface area contributed by atoms with Gasteiger partial charge < -0.3 is 25.2 Å². The Bertz CT molecular complexity index is 760. The second-order valence-electron chi connectivity index (χ2n) is 5.36. The van der Waals surface area contributed by atoms with Crippen LogP contribution in [0.5, 0.6) is 5.75 Å². The summed E-state index contributed by atoms with van der Waals surface area (Å²) in [5.74, 6) is 0.0647. The summed E-state index contributed by atoms with van der Waals surface area (Å²) in [6, 6.07) is 3.32. The van der Waals surface area contributed by atoms with Gasteiger partial charge in [-0.15, -0.1) is 0 Å². The molecular formula is C16H19N5O4. The number of morpholine rings is 1. The van der Waals surface area contributed by atoms with Crippen LogP contribution in [0.2, 0.25) is 0 Å². The second-order valence-corrected chi connectivity index (χ2v) is 5.36. The average molecular weight is 345 g/mol. The molecule has 0 saturated carbocycles. The van der Waals surface area contributed by atoms with Crippen LogP contribution in [0.3, 0.4) is 0 Å². The Balaban J connectivity index is 2.14. The molecule has 0 amide bonds. The highest BCUT2D eigenvalue weighted by Crippen LogP contribution is 2.32. The van der Waals surface area contributed by atoms with Gasteiger partial charge in [0.2, 0.25) is 0 Å². The van der Waals surface area contributed by atoms with Gasteiger partial charge >= 0.3 is 5.97 Å². The van der Waals surface area contributed by atoms with Gasteiger partial charge in [0.05, 0.1) is 19.8 Å². The molecule has 3 N–H and O–H groups in total. The van der Waals surface area contributed by atoms with Gasteiger partial charge in [-0.25, -0.2) is 19.7 Å². The van der Waals surface area contributed by atoms with Crippen molar-refractivity contribution in [3.8, 4) is 17.1 Å². The molecule has 1 fully saturated rings. The summed E-state index contributed by atoms with van der Waals surface area (Å²) in [6.07, 6.45) is 1.51. The first-order valence-electron chi connectivity index (χ1n) is 7.93. The Kier molecular flexibility index (Phi) is 4.94. The lowest BCUT2D eigenvalue weighted by atomic mass is 10.2. The number of nitrogens with two attached hydrogens (primary N) is 1. The zero-order valence-electron chi connectivity index (χ0n) is 13.8. The maximum Gasteiger partial charge on any atom is 0.358 e. The summed E-state index contributed by atoms with van der Waals surface area (Å²) in [7, 11) is 0. The van der Waals surface area contributed by atoms with E-state index in [4.69, 9.17) is 15.2 Å². The number of nitrogen functional groups attached to an aromatic ring is 1. The molecule has 1 saturated heterocycles. The molecule has 2 aromatic heterocycles. The molecule has 132 valence electrons. The molecule has 3 heterocycles. The Morgan fingerprint density at radius 2 is 2.12 bits per heavy atom. The molecule has 3 rings (SSSR count). The highest BCUT2D eigenvalue weighted by Gasteiger charge is 2.26. The fraction of sp³-hybridized carbons (Fsp3) is 0.375. The van der Waals surface area contributed by atoms with Gasteiger partial charge in [0, 0.05) is 24.8 Å². The summed E-state index contributed by atoms with van der Waals surface area (Å²) in [4.78, 5) is 26.4. The Labute approximate surface area is 144 Å². The van der Waals surface area contributed by atoms with Crippen molar-refractivity contribution in [3.63, 3.8) is 0 Å². The summed E-state index contributed by atoms with van der Waals surface area (Å²) < 4.78 is 10.9. The minimum Gasteiger partial charge on any atom is -0.488 e. The molecule has 0 radical (unpaired) electrons. The van der Waals surface area contributed by atoms with Crippen molar-refractivity contribution >= 4 is 17.6 Å². The number of aromatic carboxylic acids is 1. The zero-order valence-corrected chi connectivity index (χ0v) is 13.8. The van der Waals surface area contributed by atoms with Gasteiger partial charge in [-0.1, -0.05) is 0 Å². The van der Waals surface area contributed by atoms with Gasteiger partial charge in [-0.3, -0.25) is 0 Å². The number of hydrogen-bond acceptors (Lipinski definition) is 8. The minimum absolute atomic E-state index is 0.170. The van der Waals surface area contributed by atoms with Gasteiger partial charge in [-0.2, -0.15) is 0 Å².